The van der Waals surface area contributed by atoms with E-state index in [4.69, 9.17) is 5.26 Å². The number of carbonyl (C=O) groups excluding carboxylic acids is 1. The van der Waals surface area contributed by atoms with Crippen molar-refractivity contribution >= 4 is 11.6 Å². The van der Waals surface area contributed by atoms with Crippen LogP contribution in [0.25, 0.3) is 0 Å². The van der Waals surface area contributed by atoms with Crippen molar-refractivity contribution in [3.8, 4) is 6.07 Å². The summed E-state index contributed by atoms with van der Waals surface area (Å²) in [6.45, 7) is 1.68. The van der Waals surface area contributed by atoms with Crippen LogP contribution in [-0.2, 0) is 4.79 Å². The molecule has 1 N–H and O–H groups in total. The molecule has 0 aliphatic carbocycles. The van der Waals surface area contributed by atoms with Crippen LogP contribution in [0.5, 0.6) is 0 Å². The maximum absolute atomic E-state index is 12.8. The number of amides is 1. The van der Waals surface area contributed by atoms with Gasteiger partial charge in [-0.3, -0.25) is 4.79 Å². The molecule has 0 atom stereocenters. The van der Waals surface area contributed by atoms with E-state index in [1.165, 1.54) is 12.1 Å². The van der Waals surface area contributed by atoms with Crippen LogP contribution >= 0.6 is 0 Å². The van der Waals surface area contributed by atoms with E-state index in [0.29, 0.717) is 6.42 Å². The Balaban J connectivity index is 3.00. The van der Waals surface area contributed by atoms with Crippen molar-refractivity contribution in [1.82, 2.24) is 0 Å². The second-order valence-electron chi connectivity index (χ2n) is 2.70. The summed E-state index contributed by atoms with van der Waals surface area (Å²) >= 11 is 0. The largest absolute Gasteiger partial charge is 0.325 e. The first kappa shape index (κ1) is 10.2. The van der Waals surface area contributed by atoms with Crippen LogP contribution in [0.2, 0.25) is 0 Å². The smallest absolute Gasteiger partial charge is 0.224 e. The Morgan fingerprint density at radius 1 is 1.64 bits per heavy atom. The zero-order valence-electron chi connectivity index (χ0n) is 7.67. The van der Waals surface area contributed by atoms with Crippen molar-refractivity contribution in [3.63, 3.8) is 0 Å². The predicted molar refractivity (Wildman–Crippen MR) is 50.0 cm³/mol. The van der Waals surface area contributed by atoms with Gasteiger partial charge in [-0.15, -0.1) is 0 Å². The van der Waals surface area contributed by atoms with Crippen LogP contribution < -0.4 is 5.32 Å². The number of nitriles is 1. The fourth-order valence-electron chi connectivity index (χ4n) is 0.956. The van der Waals surface area contributed by atoms with Gasteiger partial charge in [0.1, 0.15) is 11.9 Å². The SMILES string of the molecule is CCC(=O)Nc1cc(F)ccc1C#N. The van der Waals surface area contributed by atoms with E-state index in [1.807, 2.05) is 6.07 Å². The van der Waals surface area contributed by atoms with Crippen molar-refractivity contribution in [3.05, 3.63) is 29.6 Å². The Bertz CT molecular complexity index is 396. The van der Waals surface area contributed by atoms with Gasteiger partial charge in [-0.05, 0) is 18.2 Å². The summed E-state index contributed by atoms with van der Waals surface area (Å²) in [5.74, 6) is -0.720. The molecule has 1 aromatic rings. The second-order valence-corrected chi connectivity index (χ2v) is 2.70. The van der Waals surface area contributed by atoms with E-state index in [-0.39, 0.29) is 17.2 Å². The number of hydrogen-bond donors (Lipinski definition) is 1. The highest BCUT2D eigenvalue weighted by Crippen LogP contribution is 2.16. The fraction of sp³-hybridized carbons (Fsp3) is 0.200. The molecule has 0 unspecified atom stereocenters. The van der Waals surface area contributed by atoms with Gasteiger partial charge in [0.15, 0.2) is 0 Å². The summed E-state index contributed by atoms with van der Waals surface area (Å²) < 4.78 is 12.8. The first-order chi connectivity index (χ1) is 6.67. The van der Waals surface area contributed by atoms with E-state index in [1.54, 1.807) is 6.92 Å². The lowest BCUT2D eigenvalue weighted by molar-refractivity contribution is -0.115. The maximum Gasteiger partial charge on any atom is 0.224 e. The van der Waals surface area contributed by atoms with Gasteiger partial charge in [0.25, 0.3) is 0 Å². The van der Waals surface area contributed by atoms with Crippen LogP contribution in [0, 0.1) is 17.1 Å². The predicted octanol–water partition coefficient (Wildman–Crippen LogP) is 2.05. The topological polar surface area (TPSA) is 52.9 Å². The lowest BCUT2D eigenvalue weighted by Crippen LogP contribution is -2.10. The van der Waals surface area contributed by atoms with Gasteiger partial charge in [-0.2, -0.15) is 5.26 Å². The van der Waals surface area contributed by atoms with Gasteiger partial charge in [-0.1, -0.05) is 6.92 Å². The van der Waals surface area contributed by atoms with Gasteiger partial charge in [0.2, 0.25) is 5.91 Å². The molecule has 0 radical (unpaired) electrons. The quantitative estimate of drug-likeness (QED) is 0.779. The first-order valence-corrected chi connectivity index (χ1v) is 4.17. The van der Waals surface area contributed by atoms with Crippen LogP contribution in [0.1, 0.15) is 18.9 Å². The van der Waals surface area contributed by atoms with Crippen molar-refractivity contribution in [2.75, 3.05) is 5.32 Å². The molecule has 0 saturated heterocycles. The Labute approximate surface area is 81.2 Å². The molecule has 14 heavy (non-hydrogen) atoms. The molecule has 0 aromatic heterocycles. The summed E-state index contributed by atoms with van der Waals surface area (Å²) in [6.07, 6.45) is 0.293. The van der Waals surface area contributed by atoms with Crippen LogP contribution in [-0.4, -0.2) is 5.91 Å². The van der Waals surface area contributed by atoms with E-state index >= 15 is 0 Å². The number of rotatable bonds is 2. The molecule has 0 aliphatic heterocycles. The zero-order valence-corrected chi connectivity index (χ0v) is 7.67. The molecular weight excluding hydrogens is 183 g/mol. The Morgan fingerprint density at radius 2 is 2.36 bits per heavy atom. The van der Waals surface area contributed by atoms with E-state index in [2.05, 4.69) is 5.32 Å². The number of nitrogens with one attached hydrogen (secondary N) is 1. The molecule has 0 saturated carbocycles. The summed E-state index contributed by atoms with van der Waals surface area (Å²) in [4.78, 5) is 11.0. The van der Waals surface area contributed by atoms with Crippen molar-refractivity contribution < 1.29 is 9.18 Å². The van der Waals surface area contributed by atoms with Crippen molar-refractivity contribution in [1.29, 1.82) is 5.26 Å². The molecule has 1 rings (SSSR count). The number of halogens is 1. The number of anilines is 1. The van der Waals surface area contributed by atoms with Gasteiger partial charge in [0, 0.05) is 6.42 Å². The van der Waals surface area contributed by atoms with Crippen molar-refractivity contribution in [2.45, 2.75) is 13.3 Å². The van der Waals surface area contributed by atoms with Crippen LogP contribution in [0.15, 0.2) is 18.2 Å². The monoisotopic (exact) mass is 192 g/mol. The standard InChI is InChI=1S/C10H9FN2O/c1-2-10(14)13-9-5-8(11)4-3-7(9)6-12/h3-5H,2H2,1H3,(H,13,14). The molecule has 0 fully saturated rings. The molecule has 4 heteroatoms. The third-order valence-corrected chi connectivity index (χ3v) is 1.70. The Morgan fingerprint density at radius 3 is 2.93 bits per heavy atom. The van der Waals surface area contributed by atoms with Crippen molar-refractivity contribution in [2.24, 2.45) is 0 Å². The molecule has 0 aliphatic rings. The zero-order chi connectivity index (χ0) is 10.6. The average Bonchev–Trinajstić information content (AvgIpc) is 2.18. The Kier molecular flexibility index (Phi) is 3.19. The fourth-order valence-corrected chi connectivity index (χ4v) is 0.956. The van der Waals surface area contributed by atoms with Gasteiger partial charge in [-0.25, -0.2) is 4.39 Å². The molecule has 0 bridgehead atoms. The Hall–Kier alpha value is -1.89. The van der Waals surface area contributed by atoms with E-state index < -0.39 is 5.82 Å². The maximum atomic E-state index is 12.8. The van der Waals surface area contributed by atoms with Crippen LogP contribution in [0.3, 0.4) is 0 Å². The number of hydrogen-bond acceptors (Lipinski definition) is 2. The average molecular weight is 192 g/mol. The normalized spacial score (nSPS) is 9.21. The number of benzene rings is 1. The highest BCUT2D eigenvalue weighted by atomic mass is 19.1. The molecule has 1 amide bonds. The third-order valence-electron chi connectivity index (χ3n) is 1.70. The first-order valence-electron chi connectivity index (χ1n) is 4.17. The van der Waals surface area contributed by atoms with Gasteiger partial charge < -0.3 is 5.32 Å². The highest BCUT2D eigenvalue weighted by molar-refractivity contribution is 5.91. The third kappa shape index (κ3) is 2.30. The van der Waals surface area contributed by atoms with Gasteiger partial charge >= 0.3 is 0 Å². The molecular formula is C10H9FN2O. The lowest BCUT2D eigenvalue weighted by atomic mass is 10.2. The van der Waals surface area contributed by atoms with E-state index in [9.17, 15) is 9.18 Å². The minimum absolute atomic E-state index is 0.222. The highest BCUT2D eigenvalue weighted by Gasteiger charge is 2.05. The lowest BCUT2D eigenvalue weighted by Gasteiger charge is -2.04. The molecule has 0 spiro atoms. The van der Waals surface area contributed by atoms with Gasteiger partial charge in [0.05, 0.1) is 11.3 Å². The number of nitrogens with zero attached hydrogens (tertiary/aromatic N) is 1. The molecule has 0 heterocycles. The summed E-state index contributed by atoms with van der Waals surface area (Å²) in [5.41, 5.74) is 0.479. The van der Waals surface area contributed by atoms with E-state index in [0.717, 1.165) is 6.07 Å². The second kappa shape index (κ2) is 4.38. The molecule has 3 nitrogen and oxygen atoms in total. The summed E-state index contributed by atoms with van der Waals surface area (Å²) in [7, 11) is 0. The molecule has 72 valence electrons. The summed E-state index contributed by atoms with van der Waals surface area (Å²) in [6, 6.07) is 5.52. The molecule has 1 aromatic carbocycles. The summed E-state index contributed by atoms with van der Waals surface area (Å²) in [5, 5.41) is 11.1. The van der Waals surface area contributed by atoms with Crippen LogP contribution in [0.4, 0.5) is 10.1 Å². The number of carbonyl (C=O) groups is 1. The minimum Gasteiger partial charge on any atom is -0.325 e. The minimum atomic E-state index is -0.476.